The molecule has 47 heavy (non-hydrogen) atoms. The molecule has 1 N–H and O–H groups in total. The summed E-state index contributed by atoms with van der Waals surface area (Å²) in [6.45, 7) is 8.61. The maximum absolute atomic E-state index is 16.0. The molecule has 258 valence electrons. The van der Waals surface area contributed by atoms with Gasteiger partial charge in [-0.25, -0.2) is 18.6 Å². The molecule has 2 amide bonds. The van der Waals surface area contributed by atoms with E-state index in [1.807, 2.05) is 0 Å². The summed E-state index contributed by atoms with van der Waals surface area (Å²) in [5.41, 5.74) is -2.21. The fourth-order valence-electron chi connectivity index (χ4n) is 6.77. The number of nitrogens with one attached hydrogen (secondary N) is 1. The first kappa shape index (κ1) is 34.6. The third-order valence-corrected chi connectivity index (χ3v) is 9.54. The number of hydrogen-bond acceptors (Lipinski definition) is 7. The first-order valence-electron chi connectivity index (χ1n) is 15.9. The molecule has 1 aromatic heterocycles. The largest absolute Gasteiger partial charge is 0.573 e. The lowest BCUT2D eigenvalue weighted by Gasteiger charge is -2.35. The van der Waals surface area contributed by atoms with Crippen LogP contribution in [0.2, 0.25) is 0 Å². The van der Waals surface area contributed by atoms with Crippen LogP contribution in [0.15, 0.2) is 24.3 Å². The molecule has 2 aliphatic heterocycles. The standard InChI is InChI=1S/C33H40F5N3O6/c1-6-21-24(17-42)41-16-25(21)45-27-22(13-18-10-11-20(14-23(18)39-27)46-33(36,37)38)32(34,35)12-8-7-9-19-15-31(19,5)47-29(44)40-26(28(41)43)30(2,3)4/h10-11,13-14,17,19,21,24-26H,6-9,12,15-16H2,1-5H3,(H,40,44)/t19-,21+,24-,25+,26-,31-/m1/s1. The summed E-state index contributed by atoms with van der Waals surface area (Å²) in [4.78, 5) is 45.1. The molecule has 1 aliphatic carbocycles. The number of pyridine rings is 1. The van der Waals surface area contributed by atoms with E-state index in [0.717, 1.165) is 18.2 Å². The van der Waals surface area contributed by atoms with Gasteiger partial charge in [0.15, 0.2) is 0 Å². The minimum absolute atomic E-state index is 0.0389. The molecule has 9 nitrogen and oxygen atoms in total. The van der Waals surface area contributed by atoms with E-state index in [1.54, 1.807) is 34.6 Å². The van der Waals surface area contributed by atoms with E-state index in [9.17, 15) is 27.6 Å². The number of aldehydes is 1. The first-order chi connectivity index (χ1) is 21.8. The van der Waals surface area contributed by atoms with E-state index in [0.29, 0.717) is 32.0 Å². The number of alkyl carbamates (subject to hydrolysis) is 1. The van der Waals surface area contributed by atoms with Gasteiger partial charge in [-0.05, 0) is 56.2 Å². The van der Waals surface area contributed by atoms with Crippen LogP contribution in [0.3, 0.4) is 0 Å². The average Bonchev–Trinajstić information content (AvgIpc) is 3.45. The SMILES string of the molecule is CC[C@@H]1[C@@H]2CN(C(=O)[C@H](C(C)(C)C)NC(=O)O[C@]3(C)C[C@H]3CCCCC(F)(F)c3cc4ccc(OC(F)(F)F)cc4nc3O2)[C@@H]1C=O. The summed E-state index contributed by atoms with van der Waals surface area (Å²) < 4.78 is 86.7. The molecule has 6 atom stereocenters. The van der Waals surface area contributed by atoms with Gasteiger partial charge in [0.2, 0.25) is 11.8 Å². The van der Waals surface area contributed by atoms with Crippen LogP contribution >= 0.6 is 0 Å². The van der Waals surface area contributed by atoms with Gasteiger partial charge >= 0.3 is 12.5 Å². The molecule has 3 heterocycles. The molecule has 5 rings (SSSR count). The van der Waals surface area contributed by atoms with E-state index in [4.69, 9.17) is 9.47 Å². The van der Waals surface area contributed by atoms with Crippen molar-refractivity contribution in [2.24, 2.45) is 17.3 Å². The molecule has 1 saturated heterocycles. The number of alkyl halides is 5. The Balaban J connectivity index is 1.58. The average molecular weight is 670 g/mol. The maximum atomic E-state index is 16.0. The van der Waals surface area contributed by atoms with Crippen molar-refractivity contribution >= 4 is 29.2 Å². The number of fused-ring (bicyclic) bond motifs is 5. The summed E-state index contributed by atoms with van der Waals surface area (Å²) in [5.74, 6) is -5.77. The summed E-state index contributed by atoms with van der Waals surface area (Å²) in [6.07, 6.45) is -4.75. The summed E-state index contributed by atoms with van der Waals surface area (Å²) in [5, 5.41) is 2.86. The number of halogens is 5. The number of benzene rings is 1. The lowest BCUT2D eigenvalue weighted by molar-refractivity contribution is -0.274. The summed E-state index contributed by atoms with van der Waals surface area (Å²) in [7, 11) is 0. The van der Waals surface area contributed by atoms with Gasteiger partial charge in [0.05, 0.1) is 23.7 Å². The van der Waals surface area contributed by atoms with Crippen molar-refractivity contribution < 1.29 is 50.5 Å². The van der Waals surface area contributed by atoms with Gasteiger partial charge in [0.25, 0.3) is 5.92 Å². The Hall–Kier alpha value is -3.71. The number of carbonyl (C=O) groups is 3. The molecule has 14 heteroatoms. The summed E-state index contributed by atoms with van der Waals surface area (Å²) >= 11 is 0. The van der Waals surface area contributed by atoms with Crippen LogP contribution in [0.4, 0.5) is 26.7 Å². The second-order valence-electron chi connectivity index (χ2n) is 14.1. The molecule has 0 radical (unpaired) electrons. The Morgan fingerprint density at radius 1 is 1.15 bits per heavy atom. The third-order valence-electron chi connectivity index (χ3n) is 9.54. The van der Waals surface area contributed by atoms with E-state index < -0.39 is 83.0 Å². The minimum atomic E-state index is -4.98. The second-order valence-corrected chi connectivity index (χ2v) is 14.1. The number of aromatic nitrogens is 1. The van der Waals surface area contributed by atoms with Gasteiger partial charge < -0.3 is 29.2 Å². The zero-order valence-corrected chi connectivity index (χ0v) is 27.0. The fourth-order valence-corrected chi connectivity index (χ4v) is 6.77. The van der Waals surface area contributed by atoms with Crippen molar-refractivity contribution in [3.05, 3.63) is 29.8 Å². The van der Waals surface area contributed by atoms with Gasteiger partial charge in [0.1, 0.15) is 29.8 Å². The predicted molar refractivity (Wildman–Crippen MR) is 160 cm³/mol. The van der Waals surface area contributed by atoms with E-state index in [1.165, 1.54) is 11.0 Å². The van der Waals surface area contributed by atoms with E-state index in [2.05, 4.69) is 15.0 Å². The van der Waals surface area contributed by atoms with E-state index in [-0.39, 0.29) is 29.8 Å². The molecular weight excluding hydrogens is 629 g/mol. The monoisotopic (exact) mass is 669 g/mol. The highest BCUT2D eigenvalue weighted by Crippen LogP contribution is 2.50. The summed E-state index contributed by atoms with van der Waals surface area (Å²) in [6, 6.07) is 2.26. The number of carbonyl (C=O) groups excluding carboxylic acids is 3. The van der Waals surface area contributed by atoms with Crippen LogP contribution in [0.25, 0.3) is 10.9 Å². The Kier molecular flexibility index (Phi) is 9.12. The zero-order valence-electron chi connectivity index (χ0n) is 27.0. The van der Waals surface area contributed by atoms with E-state index >= 15 is 8.78 Å². The number of rotatable bonds is 3. The number of amides is 2. The van der Waals surface area contributed by atoms with Gasteiger partial charge in [-0.2, -0.15) is 0 Å². The van der Waals surface area contributed by atoms with Crippen LogP contribution in [0, 0.1) is 17.3 Å². The molecule has 0 unspecified atom stereocenters. The lowest BCUT2D eigenvalue weighted by Crippen LogP contribution is -2.56. The molecule has 0 spiro atoms. The second kappa shape index (κ2) is 12.4. The highest BCUT2D eigenvalue weighted by molar-refractivity contribution is 5.89. The number of nitrogens with zero attached hydrogens (tertiary/aromatic N) is 2. The molecule has 1 saturated carbocycles. The van der Waals surface area contributed by atoms with Crippen LogP contribution in [0.1, 0.15) is 78.7 Å². The number of hydrogen-bond donors (Lipinski definition) is 1. The highest BCUT2D eigenvalue weighted by Gasteiger charge is 2.54. The third kappa shape index (κ3) is 7.40. The fraction of sp³-hybridized carbons (Fsp3) is 0.636. The maximum Gasteiger partial charge on any atom is 0.573 e. The topological polar surface area (TPSA) is 107 Å². The van der Waals surface area contributed by atoms with Gasteiger partial charge in [-0.15, -0.1) is 13.2 Å². The van der Waals surface area contributed by atoms with Gasteiger partial charge in [-0.3, -0.25) is 4.79 Å². The molecule has 2 fully saturated rings. The van der Waals surface area contributed by atoms with Crippen molar-refractivity contribution in [3.8, 4) is 11.6 Å². The van der Waals surface area contributed by atoms with Gasteiger partial charge in [0, 0.05) is 29.7 Å². The molecular formula is C33H40F5N3O6. The van der Waals surface area contributed by atoms with Crippen molar-refractivity contribution in [1.82, 2.24) is 15.2 Å². The Bertz CT molecular complexity index is 1530. The first-order valence-corrected chi connectivity index (χ1v) is 15.9. The van der Waals surface area contributed by atoms with Crippen molar-refractivity contribution in [2.75, 3.05) is 6.54 Å². The highest BCUT2D eigenvalue weighted by atomic mass is 19.4. The molecule has 1 aromatic carbocycles. The quantitative estimate of drug-likeness (QED) is 0.280. The van der Waals surface area contributed by atoms with Crippen LogP contribution < -0.4 is 14.8 Å². The smallest absolute Gasteiger partial charge is 0.472 e. The molecule has 2 aromatic rings. The minimum Gasteiger partial charge on any atom is -0.472 e. The van der Waals surface area contributed by atoms with Gasteiger partial charge in [-0.1, -0.05) is 34.1 Å². The van der Waals surface area contributed by atoms with Crippen LogP contribution in [-0.2, 0) is 20.2 Å². The Morgan fingerprint density at radius 2 is 1.87 bits per heavy atom. The zero-order chi connectivity index (χ0) is 34.5. The molecule has 3 aliphatic rings. The van der Waals surface area contributed by atoms with Crippen LogP contribution in [-0.4, -0.2) is 64.9 Å². The van der Waals surface area contributed by atoms with Crippen molar-refractivity contribution in [2.45, 2.75) is 109 Å². The molecule has 2 bridgehead atoms. The van der Waals surface area contributed by atoms with Crippen LogP contribution in [0.5, 0.6) is 11.6 Å². The van der Waals surface area contributed by atoms with Crippen molar-refractivity contribution in [1.29, 1.82) is 0 Å². The Labute approximate surface area is 269 Å². The normalized spacial score (nSPS) is 30.2. The lowest BCUT2D eigenvalue weighted by atomic mass is 9.85. The predicted octanol–water partition coefficient (Wildman–Crippen LogP) is 6.90. The number of ether oxygens (including phenoxy) is 3. The van der Waals surface area contributed by atoms with Crippen molar-refractivity contribution in [3.63, 3.8) is 0 Å². The Morgan fingerprint density at radius 3 is 2.51 bits per heavy atom.